The zero-order valence-electron chi connectivity index (χ0n) is 17.4. The van der Waals surface area contributed by atoms with E-state index in [0.717, 1.165) is 41.5 Å². The average Bonchev–Trinajstić information content (AvgIpc) is 3.16. The molecule has 1 aliphatic heterocycles. The van der Waals surface area contributed by atoms with Gasteiger partial charge in [-0.25, -0.2) is 9.97 Å². The lowest BCUT2D eigenvalue weighted by Crippen LogP contribution is -2.45. The van der Waals surface area contributed by atoms with Gasteiger partial charge >= 0.3 is 0 Å². The first-order valence-electron chi connectivity index (χ1n) is 10.7. The van der Waals surface area contributed by atoms with Crippen molar-refractivity contribution in [2.75, 3.05) is 18.4 Å². The number of hydrogen-bond donors (Lipinski definition) is 2. The van der Waals surface area contributed by atoms with E-state index in [9.17, 15) is 9.59 Å². The van der Waals surface area contributed by atoms with Crippen LogP contribution in [0.5, 0.6) is 0 Å². The SMILES string of the molecule is NC(=O)c1sc2ccccc2c1C[C@@H]1CCCCN1C(=O)CCCNc1ncccn1. The number of nitrogens with one attached hydrogen (secondary N) is 1. The minimum atomic E-state index is -0.390. The van der Waals surface area contributed by atoms with Crippen LogP contribution in [0.15, 0.2) is 42.7 Å². The zero-order chi connectivity index (χ0) is 21.6. The van der Waals surface area contributed by atoms with Gasteiger partial charge in [0.05, 0.1) is 4.88 Å². The number of piperidine rings is 1. The molecule has 8 heteroatoms. The molecule has 0 radical (unpaired) electrons. The van der Waals surface area contributed by atoms with Gasteiger partial charge in [0.1, 0.15) is 0 Å². The van der Waals surface area contributed by atoms with E-state index in [1.165, 1.54) is 11.3 Å². The van der Waals surface area contributed by atoms with Gasteiger partial charge in [0.15, 0.2) is 0 Å². The van der Waals surface area contributed by atoms with Crippen LogP contribution in [-0.2, 0) is 11.2 Å². The van der Waals surface area contributed by atoms with E-state index in [4.69, 9.17) is 5.73 Å². The summed E-state index contributed by atoms with van der Waals surface area (Å²) in [5.74, 6) is 0.355. The molecule has 2 aromatic heterocycles. The summed E-state index contributed by atoms with van der Waals surface area (Å²) in [6, 6.07) is 9.88. The highest BCUT2D eigenvalue weighted by atomic mass is 32.1. The van der Waals surface area contributed by atoms with Crippen LogP contribution in [-0.4, -0.2) is 45.8 Å². The molecule has 1 aliphatic rings. The Kier molecular flexibility index (Phi) is 6.76. The number of aromatic nitrogens is 2. The van der Waals surface area contributed by atoms with Gasteiger partial charge in [0.2, 0.25) is 11.9 Å². The fraction of sp³-hybridized carbons (Fsp3) is 0.391. The molecule has 3 N–H and O–H groups in total. The van der Waals surface area contributed by atoms with Crippen LogP contribution in [0.2, 0.25) is 0 Å². The Morgan fingerprint density at radius 2 is 1.97 bits per heavy atom. The number of nitrogens with two attached hydrogens (primary N) is 1. The standard InChI is InChI=1S/C23H27N5O2S/c24-22(30)21-18(17-8-1-2-9-19(17)31-21)15-16-7-3-4-14-28(16)20(29)10-5-11-25-23-26-12-6-13-27-23/h1-2,6,8-9,12-13,16H,3-5,7,10-11,14-15H2,(H2,24,30)(H,25,26,27)/t16-/m0/s1. The fourth-order valence-corrected chi connectivity index (χ4v) is 5.34. The van der Waals surface area contributed by atoms with E-state index in [0.29, 0.717) is 36.6 Å². The van der Waals surface area contributed by atoms with Gasteiger partial charge in [0, 0.05) is 42.6 Å². The molecule has 3 aromatic rings. The van der Waals surface area contributed by atoms with Crippen LogP contribution < -0.4 is 11.1 Å². The highest BCUT2D eigenvalue weighted by Crippen LogP contribution is 2.34. The summed E-state index contributed by atoms with van der Waals surface area (Å²) >= 11 is 1.45. The van der Waals surface area contributed by atoms with E-state index in [-0.39, 0.29) is 17.9 Å². The Balaban J connectivity index is 1.42. The minimum absolute atomic E-state index is 0.0998. The van der Waals surface area contributed by atoms with E-state index >= 15 is 0 Å². The molecule has 0 spiro atoms. The molecule has 0 aliphatic carbocycles. The normalized spacial score (nSPS) is 16.4. The topological polar surface area (TPSA) is 101 Å². The number of carbonyl (C=O) groups is 2. The van der Waals surface area contributed by atoms with E-state index in [1.807, 2.05) is 29.2 Å². The highest BCUT2D eigenvalue weighted by Gasteiger charge is 2.29. The number of benzene rings is 1. The van der Waals surface area contributed by atoms with Crippen molar-refractivity contribution in [3.63, 3.8) is 0 Å². The van der Waals surface area contributed by atoms with Crippen molar-refractivity contribution in [1.82, 2.24) is 14.9 Å². The second-order valence-corrected chi connectivity index (χ2v) is 8.87. The van der Waals surface area contributed by atoms with Gasteiger partial charge in [-0.3, -0.25) is 9.59 Å². The van der Waals surface area contributed by atoms with Gasteiger partial charge in [-0.2, -0.15) is 0 Å². The molecule has 1 aromatic carbocycles. The third-order valence-electron chi connectivity index (χ3n) is 5.73. The summed E-state index contributed by atoms with van der Waals surface area (Å²) in [6.07, 6.45) is 8.30. The molecule has 3 heterocycles. The van der Waals surface area contributed by atoms with Crippen LogP contribution in [0.4, 0.5) is 5.95 Å². The third kappa shape index (κ3) is 5.02. The largest absolute Gasteiger partial charge is 0.365 e. The van der Waals surface area contributed by atoms with Crippen molar-refractivity contribution in [3.8, 4) is 0 Å². The number of nitrogens with zero attached hydrogens (tertiary/aromatic N) is 3. The molecule has 0 unspecified atom stereocenters. The quantitative estimate of drug-likeness (QED) is 0.524. The van der Waals surface area contributed by atoms with Crippen LogP contribution in [0, 0.1) is 0 Å². The van der Waals surface area contributed by atoms with Gasteiger partial charge in [-0.15, -0.1) is 11.3 Å². The monoisotopic (exact) mass is 437 g/mol. The Morgan fingerprint density at radius 3 is 2.77 bits per heavy atom. The molecule has 0 bridgehead atoms. The molecule has 7 nitrogen and oxygen atoms in total. The van der Waals surface area contributed by atoms with Gasteiger partial charge < -0.3 is 16.0 Å². The Hall–Kier alpha value is -3.00. The van der Waals surface area contributed by atoms with Gasteiger partial charge in [-0.05, 0) is 55.2 Å². The second-order valence-electron chi connectivity index (χ2n) is 7.81. The van der Waals surface area contributed by atoms with Crippen molar-refractivity contribution in [1.29, 1.82) is 0 Å². The van der Waals surface area contributed by atoms with Gasteiger partial charge in [0.25, 0.3) is 5.91 Å². The molecule has 1 fully saturated rings. The van der Waals surface area contributed by atoms with Crippen LogP contribution in [0.25, 0.3) is 10.1 Å². The van der Waals surface area contributed by atoms with Crippen LogP contribution in [0.1, 0.15) is 47.3 Å². The lowest BCUT2D eigenvalue weighted by atomic mass is 9.93. The predicted molar refractivity (Wildman–Crippen MR) is 123 cm³/mol. The number of thiophene rings is 1. The molecule has 1 atom stereocenters. The molecule has 162 valence electrons. The molecular weight excluding hydrogens is 410 g/mol. The first-order chi connectivity index (χ1) is 15.1. The van der Waals surface area contributed by atoms with Crippen LogP contribution in [0.3, 0.4) is 0 Å². The lowest BCUT2D eigenvalue weighted by Gasteiger charge is -2.36. The van der Waals surface area contributed by atoms with Crippen molar-refractivity contribution in [3.05, 3.63) is 53.2 Å². The van der Waals surface area contributed by atoms with Crippen molar-refractivity contribution < 1.29 is 9.59 Å². The number of anilines is 1. The number of primary amides is 1. The third-order valence-corrected chi connectivity index (χ3v) is 6.95. The maximum atomic E-state index is 13.0. The zero-order valence-corrected chi connectivity index (χ0v) is 18.2. The molecule has 2 amide bonds. The number of likely N-dealkylation sites (tertiary alicyclic amines) is 1. The maximum absolute atomic E-state index is 13.0. The Bertz CT molecular complexity index is 1050. The predicted octanol–water partition coefficient (Wildman–Crippen LogP) is 3.61. The van der Waals surface area contributed by atoms with E-state index in [2.05, 4.69) is 15.3 Å². The number of amides is 2. The first-order valence-corrected chi connectivity index (χ1v) is 11.6. The summed E-state index contributed by atoms with van der Waals surface area (Å²) in [5.41, 5.74) is 6.67. The summed E-state index contributed by atoms with van der Waals surface area (Å²) in [5, 5.41) is 4.22. The summed E-state index contributed by atoms with van der Waals surface area (Å²) in [4.78, 5) is 36.0. The van der Waals surface area contributed by atoms with Crippen molar-refractivity contribution in [2.45, 2.75) is 44.6 Å². The molecule has 4 rings (SSSR count). The molecule has 1 saturated heterocycles. The first kappa shape index (κ1) is 21.2. The number of fused-ring (bicyclic) bond motifs is 1. The average molecular weight is 438 g/mol. The minimum Gasteiger partial charge on any atom is -0.365 e. The maximum Gasteiger partial charge on any atom is 0.259 e. The van der Waals surface area contributed by atoms with Crippen molar-refractivity contribution in [2.24, 2.45) is 5.73 Å². The lowest BCUT2D eigenvalue weighted by molar-refractivity contribution is -0.134. The summed E-state index contributed by atoms with van der Waals surface area (Å²) < 4.78 is 1.06. The van der Waals surface area contributed by atoms with Crippen LogP contribution >= 0.6 is 11.3 Å². The molecule has 0 saturated carbocycles. The fourth-order valence-electron chi connectivity index (χ4n) is 4.25. The van der Waals surface area contributed by atoms with Crippen molar-refractivity contribution >= 4 is 39.2 Å². The summed E-state index contributed by atoms with van der Waals surface area (Å²) in [6.45, 7) is 1.42. The van der Waals surface area contributed by atoms with E-state index < -0.39 is 0 Å². The summed E-state index contributed by atoms with van der Waals surface area (Å²) in [7, 11) is 0. The highest BCUT2D eigenvalue weighted by molar-refractivity contribution is 7.21. The number of carbonyl (C=O) groups excluding carboxylic acids is 2. The van der Waals surface area contributed by atoms with E-state index in [1.54, 1.807) is 18.5 Å². The van der Waals surface area contributed by atoms with Gasteiger partial charge in [-0.1, -0.05) is 18.2 Å². The second kappa shape index (κ2) is 9.87. The Labute approximate surface area is 185 Å². The number of rotatable bonds is 8. The number of hydrogen-bond acceptors (Lipinski definition) is 6. The smallest absolute Gasteiger partial charge is 0.259 e. The molecular formula is C23H27N5O2S. The molecule has 31 heavy (non-hydrogen) atoms. The Morgan fingerprint density at radius 1 is 1.16 bits per heavy atom.